The Morgan fingerprint density at radius 1 is 1.32 bits per heavy atom. The normalized spacial score (nSPS) is 28.0. The van der Waals surface area contributed by atoms with Crippen molar-refractivity contribution in [3.05, 3.63) is 35.4 Å². The van der Waals surface area contributed by atoms with Crippen molar-refractivity contribution in [3.63, 3.8) is 0 Å². The molecule has 2 bridgehead atoms. The lowest BCUT2D eigenvalue weighted by Crippen LogP contribution is -2.54. The van der Waals surface area contributed by atoms with Crippen LogP contribution in [0.1, 0.15) is 50.5 Å². The quantitative estimate of drug-likeness (QED) is 0.832. The van der Waals surface area contributed by atoms with Crippen molar-refractivity contribution in [3.8, 4) is 6.07 Å². The number of benzene rings is 1. The number of unbranched alkanes of at least 4 members (excludes halogenated alkanes) is 1. The smallest absolute Gasteiger partial charge is 0.223 e. The fourth-order valence-electron chi connectivity index (χ4n) is 4.34. The number of hydrogen-bond acceptors (Lipinski definition) is 3. The van der Waals surface area contributed by atoms with Gasteiger partial charge in [-0.2, -0.15) is 5.26 Å². The Kier molecular flexibility index (Phi) is 5.05. The SMILES string of the molecule is N#CCCCC(=O)N1C2CCC1CC(O)(Cc1ccc(F)cc1F)C2. The lowest BCUT2D eigenvalue weighted by atomic mass is 9.81. The van der Waals surface area contributed by atoms with E-state index < -0.39 is 17.2 Å². The lowest BCUT2D eigenvalue weighted by Gasteiger charge is -2.44. The van der Waals surface area contributed by atoms with Gasteiger partial charge in [0.2, 0.25) is 5.91 Å². The molecule has 2 heterocycles. The molecule has 6 heteroatoms. The zero-order valence-electron chi connectivity index (χ0n) is 14.0. The summed E-state index contributed by atoms with van der Waals surface area (Å²) in [4.78, 5) is 14.3. The molecule has 2 aliphatic heterocycles. The Balaban J connectivity index is 1.68. The molecule has 1 aromatic rings. The average molecular weight is 348 g/mol. The third-order valence-electron chi connectivity index (χ3n) is 5.35. The molecule has 0 aromatic heterocycles. The molecular weight excluding hydrogens is 326 g/mol. The number of aliphatic hydroxyl groups is 1. The molecule has 0 saturated carbocycles. The Morgan fingerprint density at radius 2 is 2.00 bits per heavy atom. The summed E-state index contributed by atoms with van der Waals surface area (Å²) < 4.78 is 27.0. The molecule has 1 N–H and O–H groups in total. The number of nitrogens with zero attached hydrogens (tertiary/aromatic N) is 2. The van der Waals surface area contributed by atoms with Crippen molar-refractivity contribution >= 4 is 5.91 Å². The molecule has 1 amide bonds. The van der Waals surface area contributed by atoms with Crippen LogP contribution in [-0.4, -0.2) is 33.6 Å². The van der Waals surface area contributed by atoms with Crippen molar-refractivity contribution in [2.45, 2.75) is 69.1 Å². The van der Waals surface area contributed by atoms with E-state index in [9.17, 15) is 18.7 Å². The minimum Gasteiger partial charge on any atom is -0.389 e. The first-order valence-corrected chi connectivity index (χ1v) is 8.76. The van der Waals surface area contributed by atoms with Crippen molar-refractivity contribution in [1.82, 2.24) is 4.90 Å². The monoisotopic (exact) mass is 348 g/mol. The van der Waals surface area contributed by atoms with Gasteiger partial charge in [-0.25, -0.2) is 8.78 Å². The Bertz CT molecular complexity index is 687. The van der Waals surface area contributed by atoms with Crippen LogP contribution in [0.5, 0.6) is 0 Å². The van der Waals surface area contributed by atoms with E-state index >= 15 is 0 Å². The maximum atomic E-state index is 13.9. The molecule has 4 nitrogen and oxygen atoms in total. The van der Waals surface area contributed by atoms with Crippen LogP contribution in [0.2, 0.25) is 0 Å². The predicted molar refractivity (Wildman–Crippen MR) is 87.4 cm³/mol. The van der Waals surface area contributed by atoms with Crippen molar-refractivity contribution in [1.29, 1.82) is 5.26 Å². The molecule has 3 rings (SSSR count). The molecule has 2 fully saturated rings. The number of hydrogen-bond donors (Lipinski definition) is 1. The van der Waals surface area contributed by atoms with Gasteiger partial charge in [0.25, 0.3) is 0 Å². The summed E-state index contributed by atoms with van der Waals surface area (Å²) in [7, 11) is 0. The van der Waals surface area contributed by atoms with Gasteiger partial charge in [-0.05, 0) is 43.7 Å². The van der Waals surface area contributed by atoms with Crippen LogP contribution < -0.4 is 0 Å². The molecule has 1 aromatic carbocycles. The van der Waals surface area contributed by atoms with Gasteiger partial charge in [-0.3, -0.25) is 4.79 Å². The highest BCUT2D eigenvalue weighted by Gasteiger charge is 2.49. The number of fused-ring (bicyclic) bond motifs is 2. The zero-order valence-corrected chi connectivity index (χ0v) is 14.0. The molecule has 0 aliphatic carbocycles. The van der Waals surface area contributed by atoms with Gasteiger partial charge in [0.15, 0.2) is 0 Å². The Labute approximate surface area is 146 Å². The first kappa shape index (κ1) is 17.8. The molecule has 0 radical (unpaired) electrons. The fourth-order valence-corrected chi connectivity index (χ4v) is 4.34. The molecular formula is C19H22F2N2O2. The molecule has 0 spiro atoms. The van der Waals surface area contributed by atoms with Gasteiger partial charge in [-0.15, -0.1) is 0 Å². The molecule has 2 unspecified atom stereocenters. The Hall–Kier alpha value is -2.00. The van der Waals surface area contributed by atoms with Crippen molar-refractivity contribution in [2.75, 3.05) is 0 Å². The van der Waals surface area contributed by atoms with Crippen LogP contribution >= 0.6 is 0 Å². The number of carbonyl (C=O) groups excluding carboxylic acids is 1. The molecule has 2 aliphatic rings. The number of halogens is 2. The summed E-state index contributed by atoms with van der Waals surface area (Å²) in [5.41, 5.74) is -0.773. The predicted octanol–water partition coefficient (Wildman–Crippen LogP) is 3.09. The summed E-state index contributed by atoms with van der Waals surface area (Å²) >= 11 is 0. The largest absolute Gasteiger partial charge is 0.389 e. The van der Waals surface area contributed by atoms with E-state index in [0.717, 1.165) is 18.9 Å². The first-order chi connectivity index (χ1) is 11.9. The second-order valence-electron chi connectivity index (χ2n) is 7.24. The second kappa shape index (κ2) is 7.09. The van der Waals surface area contributed by atoms with Crippen LogP contribution in [0.4, 0.5) is 8.78 Å². The van der Waals surface area contributed by atoms with Gasteiger partial charge < -0.3 is 10.0 Å². The molecule has 134 valence electrons. The molecule has 2 saturated heterocycles. The van der Waals surface area contributed by atoms with E-state index in [4.69, 9.17) is 5.26 Å². The summed E-state index contributed by atoms with van der Waals surface area (Å²) in [5, 5.41) is 19.6. The third-order valence-corrected chi connectivity index (χ3v) is 5.35. The first-order valence-electron chi connectivity index (χ1n) is 8.76. The van der Waals surface area contributed by atoms with Crippen LogP contribution in [0.25, 0.3) is 0 Å². The number of rotatable bonds is 5. The maximum Gasteiger partial charge on any atom is 0.223 e. The van der Waals surface area contributed by atoms with E-state index in [2.05, 4.69) is 0 Å². The number of carbonyl (C=O) groups is 1. The highest BCUT2D eigenvalue weighted by Crippen LogP contribution is 2.42. The van der Waals surface area contributed by atoms with Crippen molar-refractivity contribution < 1.29 is 18.7 Å². The maximum absolute atomic E-state index is 13.9. The van der Waals surface area contributed by atoms with Gasteiger partial charge >= 0.3 is 0 Å². The van der Waals surface area contributed by atoms with Gasteiger partial charge in [-0.1, -0.05) is 6.07 Å². The number of nitriles is 1. The highest BCUT2D eigenvalue weighted by atomic mass is 19.1. The van der Waals surface area contributed by atoms with E-state index in [1.54, 1.807) is 0 Å². The minimum absolute atomic E-state index is 0.0396. The van der Waals surface area contributed by atoms with E-state index in [1.165, 1.54) is 12.1 Å². The summed E-state index contributed by atoms with van der Waals surface area (Å²) in [6.07, 6.45) is 3.88. The van der Waals surface area contributed by atoms with Crippen LogP contribution in [0.15, 0.2) is 18.2 Å². The van der Waals surface area contributed by atoms with Crippen LogP contribution in [-0.2, 0) is 11.2 Å². The van der Waals surface area contributed by atoms with E-state index in [0.29, 0.717) is 37.7 Å². The van der Waals surface area contributed by atoms with E-state index in [1.807, 2.05) is 11.0 Å². The zero-order chi connectivity index (χ0) is 18.0. The number of piperidine rings is 1. The lowest BCUT2D eigenvalue weighted by molar-refractivity contribution is -0.141. The summed E-state index contributed by atoms with van der Waals surface area (Å²) in [6, 6.07) is 5.37. The van der Waals surface area contributed by atoms with Gasteiger partial charge in [0.1, 0.15) is 11.6 Å². The van der Waals surface area contributed by atoms with Gasteiger partial charge in [0, 0.05) is 37.4 Å². The highest BCUT2D eigenvalue weighted by molar-refractivity contribution is 5.77. The Morgan fingerprint density at radius 3 is 2.60 bits per heavy atom. The van der Waals surface area contributed by atoms with Crippen molar-refractivity contribution in [2.24, 2.45) is 0 Å². The van der Waals surface area contributed by atoms with Gasteiger partial charge in [0.05, 0.1) is 11.7 Å². The fraction of sp³-hybridized carbons (Fsp3) is 0.579. The third kappa shape index (κ3) is 3.82. The summed E-state index contributed by atoms with van der Waals surface area (Å²) in [6.45, 7) is 0. The summed E-state index contributed by atoms with van der Waals surface area (Å²) in [5.74, 6) is -1.24. The molecule has 25 heavy (non-hydrogen) atoms. The van der Waals surface area contributed by atoms with Crippen LogP contribution in [0, 0.1) is 23.0 Å². The minimum atomic E-state index is -1.08. The number of amides is 1. The van der Waals surface area contributed by atoms with Crippen LogP contribution in [0.3, 0.4) is 0 Å². The molecule has 2 atom stereocenters. The average Bonchev–Trinajstić information content (AvgIpc) is 2.83. The standard InChI is InChI=1S/C19H22F2N2O2/c20-14-5-4-13(17(21)9-14)10-19(25)11-15-6-7-16(12-19)23(15)18(24)3-1-2-8-22/h4-5,9,15-16,25H,1-3,6-7,10-12H2. The van der Waals surface area contributed by atoms with E-state index in [-0.39, 0.29) is 24.4 Å². The second-order valence-corrected chi connectivity index (χ2v) is 7.24. The topological polar surface area (TPSA) is 64.3 Å².